The van der Waals surface area contributed by atoms with Crippen molar-refractivity contribution in [1.82, 2.24) is 0 Å². The van der Waals surface area contributed by atoms with Crippen molar-refractivity contribution < 1.29 is 9.72 Å². The zero-order valence-corrected chi connectivity index (χ0v) is 18.0. The van der Waals surface area contributed by atoms with Crippen molar-refractivity contribution in [2.45, 2.75) is 38.1 Å². The van der Waals surface area contributed by atoms with Crippen LogP contribution in [0.5, 0.6) is 0 Å². The van der Waals surface area contributed by atoms with Gasteiger partial charge in [0.2, 0.25) is 0 Å². The number of carbonyl (C=O) groups is 1. The van der Waals surface area contributed by atoms with Crippen molar-refractivity contribution in [3.63, 3.8) is 0 Å². The number of nitro benzene ring substituents is 1. The Labute approximate surface area is 182 Å². The lowest BCUT2D eigenvalue weighted by Gasteiger charge is -2.52. The van der Waals surface area contributed by atoms with Crippen LogP contribution in [-0.4, -0.2) is 22.8 Å². The average Bonchev–Trinajstić information content (AvgIpc) is 2.77. The Hall–Kier alpha value is -3.47. The summed E-state index contributed by atoms with van der Waals surface area (Å²) in [6.07, 6.45) is 0.856. The summed E-state index contributed by atoms with van der Waals surface area (Å²) in [5.74, 6) is -0.0545. The van der Waals surface area contributed by atoms with Crippen LogP contribution in [0, 0.1) is 10.1 Å². The van der Waals surface area contributed by atoms with Gasteiger partial charge in [-0.2, -0.15) is 0 Å². The maximum Gasteiger partial charge on any atom is 0.269 e. The van der Waals surface area contributed by atoms with Gasteiger partial charge in [-0.15, -0.1) is 0 Å². The minimum atomic E-state index is -0.456. The van der Waals surface area contributed by atoms with Gasteiger partial charge in [0.25, 0.3) is 5.69 Å². The van der Waals surface area contributed by atoms with Gasteiger partial charge in [-0.25, -0.2) is 0 Å². The zero-order valence-electron chi connectivity index (χ0n) is 18.0. The SMILES string of the molecule is CC1(C)C[C@@](C)(c2ccccc2)c2ccccc2N1CC(=O)c1ccc([N+](=O)[O-])cc1. The fourth-order valence-electron chi connectivity index (χ4n) is 4.92. The van der Waals surface area contributed by atoms with Crippen molar-refractivity contribution in [3.8, 4) is 0 Å². The lowest BCUT2D eigenvalue weighted by Crippen LogP contribution is -2.55. The first kappa shape index (κ1) is 20.8. The molecule has 1 aliphatic rings. The number of rotatable bonds is 5. The van der Waals surface area contributed by atoms with Crippen molar-refractivity contribution in [2.24, 2.45) is 0 Å². The van der Waals surface area contributed by atoms with Crippen LogP contribution in [0.2, 0.25) is 0 Å². The number of hydrogen-bond acceptors (Lipinski definition) is 4. The molecule has 4 rings (SSSR count). The number of benzene rings is 3. The Morgan fingerprint density at radius 3 is 2.19 bits per heavy atom. The van der Waals surface area contributed by atoms with Gasteiger partial charge in [-0.05, 0) is 49.6 Å². The van der Waals surface area contributed by atoms with Crippen molar-refractivity contribution >= 4 is 17.2 Å². The van der Waals surface area contributed by atoms with E-state index in [9.17, 15) is 14.9 Å². The third-order valence-electron chi connectivity index (χ3n) is 6.42. The summed E-state index contributed by atoms with van der Waals surface area (Å²) in [5.41, 5.74) is 3.55. The molecule has 0 amide bonds. The van der Waals surface area contributed by atoms with Crippen LogP contribution in [-0.2, 0) is 5.41 Å². The molecule has 31 heavy (non-hydrogen) atoms. The summed E-state index contributed by atoms with van der Waals surface area (Å²) >= 11 is 0. The standard InChI is InChI=1S/C26H26N2O3/c1-25(2)18-26(3,20-9-5-4-6-10-20)22-11-7-8-12-23(22)27(25)17-24(29)19-13-15-21(16-14-19)28(30)31/h4-16H,17-18H2,1-3H3/t26-/m0/s1. The number of anilines is 1. The van der Waals surface area contributed by atoms with E-state index in [1.165, 1.54) is 35.4 Å². The molecule has 158 valence electrons. The summed E-state index contributed by atoms with van der Waals surface area (Å²) in [5, 5.41) is 10.9. The molecule has 5 nitrogen and oxygen atoms in total. The van der Waals surface area contributed by atoms with E-state index in [1.807, 2.05) is 12.1 Å². The molecule has 0 saturated heterocycles. The van der Waals surface area contributed by atoms with Crippen molar-refractivity contribution in [3.05, 3.63) is 106 Å². The highest BCUT2D eigenvalue weighted by Crippen LogP contribution is 2.50. The van der Waals surface area contributed by atoms with Gasteiger partial charge >= 0.3 is 0 Å². The summed E-state index contributed by atoms with van der Waals surface area (Å²) in [7, 11) is 0. The fourth-order valence-corrected chi connectivity index (χ4v) is 4.92. The third-order valence-corrected chi connectivity index (χ3v) is 6.42. The Morgan fingerprint density at radius 2 is 1.55 bits per heavy atom. The van der Waals surface area contributed by atoms with Gasteiger partial charge in [-0.3, -0.25) is 14.9 Å². The largest absolute Gasteiger partial charge is 0.358 e. The maximum atomic E-state index is 13.1. The highest BCUT2D eigenvalue weighted by molar-refractivity contribution is 5.99. The van der Waals surface area contributed by atoms with Crippen molar-refractivity contribution in [1.29, 1.82) is 0 Å². The van der Waals surface area contributed by atoms with Gasteiger partial charge in [-0.1, -0.05) is 55.5 Å². The number of ketones is 1. The molecule has 3 aromatic rings. The monoisotopic (exact) mass is 414 g/mol. The third kappa shape index (κ3) is 3.72. The Kier molecular flexibility index (Phi) is 5.13. The van der Waals surface area contributed by atoms with Crippen LogP contribution in [0.3, 0.4) is 0 Å². The van der Waals surface area contributed by atoms with E-state index in [4.69, 9.17) is 0 Å². The molecule has 0 bridgehead atoms. The highest BCUT2D eigenvalue weighted by Gasteiger charge is 2.45. The van der Waals surface area contributed by atoms with Gasteiger partial charge in [0.1, 0.15) is 0 Å². The van der Waals surface area contributed by atoms with Crippen LogP contribution < -0.4 is 4.90 Å². The van der Waals surface area contributed by atoms with Crippen LogP contribution in [0.4, 0.5) is 11.4 Å². The highest BCUT2D eigenvalue weighted by atomic mass is 16.6. The predicted molar refractivity (Wildman–Crippen MR) is 123 cm³/mol. The molecule has 0 unspecified atom stereocenters. The van der Waals surface area contributed by atoms with Crippen LogP contribution in [0.15, 0.2) is 78.9 Å². The molecule has 0 radical (unpaired) electrons. The summed E-state index contributed by atoms with van der Waals surface area (Å²) in [4.78, 5) is 25.7. The minimum absolute atomic E-state index is 0.0150. The zero-order chi connectivity index (χ0) is 22.2. The maximum absolute atomic E-state index is 13.1. The molecule has 5 heteroatoms. The molecule has 0 spiro atoms. The summed E-state index contributed by atoms with van der Waals surface area (Å²) < 4.78 is 0. The lowest BCUT2D eigenvalue weighted by molar-refractivity contribution is -0.384. The first-order chi connectivity index (χ1) is 14.7. The van der Waals surface area contributed by atoms with Crippen LogP contribution in [0.1, 0.15) is 48.7 Å². The molecule has 0 fully saturated rings. The molecule has 3 aromatic carbocycles. The first-order valence-electron chi connectivity index (χ1n) is 10.4. The second-order valence-corrected chi connectivity index (χ2v) is 9.02. The number of carbonyl (C=O) groups excluding carboxylic acids is 1. The second-order valence-electron chi connectivity index (χ2n) is 9.02. The molecule has 0 aliphatic carbocycles. The summed E-state index contributed by atoms with van der Waals surface area (Å²) in [6, 6.07) is 24.7. The Bertz CT molecular complexity index is 1120. The quantitative estimate of drug-likeness (QED) is 0.302. The predicted octanol–water partition coefficient (Wildman–Crippen LogP) is 5.77. The van der Waals surface area contributed by atoms with Gasteiger partial charge < -0.3 is 4.90 Å². The number of nitro groups is 1. The normalized spacial score (nSPS) is 19.5. The van der Waals surface area contributed by atoms with E-state index in [0.717, 1.165) is 12.1 Å². The number of non-ortho nitro benzene ring substituents is 1. The molecule has 1 aliphatic heterocycles. The molecule has 0 N–H and O–H groups in total. The van der Waals surface area contributed by atoms with Gasteiger partial charge in [0.15, 0.2) is 5.78 Å². The minimum Gasteiger partial charge on any atom is -0.358 e. The topological polar surface area (TPSA) is 63.5 Å². The number of hydrogen-bond donors (Lipinski definition) is 0. The molecule has 0 aromatic heterocycles. The number of para-hydroxylation sites is 1. The second kappa shape index (κ2) is 7.65. The molecular weight excluding hydrogens is 388 g/mol. The van der Waals surface area contributed by atoms with E-state index >= 15 is 0 Å². The molecule has 1 atom stereocenters. The first-order valence-corrected chi connectivity index (χ1v) is 10.4. The summed E-state index contributed by atoms with van der Waals surface area (Å²) in [6.45, 7) is 6.84. The van der Waals surface area contributed by atoms with E-state index in [0.29, 0.717) is 5.56 Å². The average molecular weight is 415 g/mol. The van der Waals surface area contributed by atoms with Crippen LogP contribution >= 0.6 is 0 Å². The van der Waals surface area contributed by atoms with Gasteiger partial charge in [0.05, 0.1) is 11.5 Å². The van der Waals surface area contributed by atoms with Crippen LogP contribution in [0.25, 0.3) is 0 Å². The molecule has 0 saturated carbocycles. The Balaban J connectivity index is 1.72. The van der Waals surface area contributed by atoms with Gasteiger partial charge in [0, 0.05) is 34.3 Å². The number of fused-ring (bicyclic) bond motifs is 1. The van der Waals surface area contributed by atoms with Crippen molar-refractivity contribution in [2.75, 3.05) is 11.4 Å². The fraction of sp³-hybridized carbons (Fsp3) is 0.269. The van der Waals surface area contributed by atoms with E-state index in [1.54, 1.807) is 0 Å². The number of Topliss-reactive ketones (excluding diaryl/α,β-unsaturated/α-hetero) is 1. The number of nitrogens with zero attached hydrogens (tertiary/aromatic N) is 2. The smallest absolute Gasteiger partial charge is 0.269 e. The lowest BCUT2D eigenvalue weighted by atomic mass is 9.65. The van der Waals surface area contributed by atoms with E-state index < -0.39 is 4.92 Å². The Morgan fingerprint density at radius 1 is 0.935 bits per heavy atom. The molecule has 1 heterocycles. The van der Waals surface area contributed by atoms with E-state index in [-0.39, 0.29) is 29.0 Å². The molecular formula is C26H26N2O3. The van der Waals surface area contributed by atoms with E-state index in [2.05, 4.69) is 68.1 Å².